The molecule has 2 rings (SSSR count). The molecular formula is C11H15BrN4O2. The molecule has 1 aromatic rings. The number of carboxylic acid groups (broad SMARTS) is 1. The molecule has 1 aromatic heterocycles. The first-order valence-corrected chi connectivity index (χ1v) is 6.66. The fourth-order valence-electron chi connectivity index (χ4n) is 2.15. The average Bonchev–Trinajstić information content (AvgIpc) is 2.34. The Hall–Kier alpha value is -1.37. The molecule has 1 aliphatic rings. The first-order valence-electron chi connectivity index (χ1n) is 5.87. The Morgan fingerprint density at radius 2 is 1.89 bits per heavy atom. The van der Waals surface area contributed by atoms with Crippen molar-refractivity contribution in [3.8, 4) is 0 Å². The summed E-state index contributed by atoms with van der Waals surface area (Å²) >= 11 is 3.24. The smallest absolute Gasteiger partial charge is 0.404 e. The SMILES string of the molecule is O=C(O)NC1CCC(Nc2cnc(Br)cn2)CC1. The zero-order chi connectivity index (χ0) is 13.0. The van der Waals surface area contributed by atoms with Crippen LogP contribution in [0, 0.1) is 0 Å². The zero-order valence-corrected chi connectivity index (χ0v) is 11.4. The lowest BCUT2D eigenvalue weighted by Gasteiger charge is -2.29. The molecule has 1 aliphatic carbocycles. The second-order valence-corrected chi connectivity index (χ2v) is 5.18. The number of carbonyl (C=O) groups is 1. The number of hydrogen-bond acceptors (Lipinski definition) is 4. The van der Waals surface area contributed by atoms with Gasteiger partial charge in [0.15, 0.2) is 0 Å². The van der Waals surface area contributed by atoms with Crippen LogP contribution in [0.3, 0.4) is 0 Å². The van der Waals surface area contributed by atoms with E-state index < -0.39 is 6.09 Å². The van der Waals surface area contributed by atoms with E-state index >= 15 is 0 Å². The molecule has 0 radical (unpaired) electrons. The summed E-state index contributed by atoms with van der Waals surface area (Å²) in [4.78, 5) is 18.8. The van der Waals surface area contributed by atoms with Crippen LogP contribution in [0.25, 0.3) is 0 Å². The van der Waals surface area contributed by atoms with E-state index in [-0.39, 0.29) is 6.04 Å². The van der Waals surface area contributed by atoms with Crippen LogP contribution in [0.15, 0.2) is 17.0 Å². The van der Waals surface area contributed by atoms with E-state index in [1.807, 2.05) is 0 Å². The number of anilines is 1. The number of hydrogen-bond donors (Lipinski definition) is 3. The molecule has 3 N–H and O–H groups in total. The molecule has 98 valence electrons. The van der Waals surface area contributed by atoms with Gasteiger partial charge in [-0.05, 0) is 41.6 Å². The number of nitrogens with one attached hydrogen (secondary N) is 2. The Kier molecular flexibility index (Phi) is 4.35. The molecule has 18 heavy (non-hydrogen) atoms. The van der Waals surface area contributed by atoms with Crippen molar-refractivity contribution in [2.75, 3.05) is 5.32 Å². The van der Waals surface area contributed by atoms with Gasteiger partial charge in [-0.15, -0.1) is 0 Å². The van der Waals surface area contributed by atoms with Crippen molar-refractivity contribution in [2.45, 2.75) is 37.8 Å². The maximum Gasteiger partial charge on any atom is 0.404 e. The van der Waals surface area contributed by atoms with Crippen LogP contribution >= 0.6 is 15.9 Å². The third kappa shape index (κ3) is 3.83. The third-order valence-electron chi connectivity index (χ3n) is 3.03. The van der Waals surface area contributed by atoms with Gasteiger partial charge >= 0.3 is 6.09 Å². The van der Waals surface area contributed by atoms with E-state index in [4.69, 9.17) is 5.11 Å². The Labute approximate surface area is 113 Å². The van der Waals surface area contributed by atoms with Gasteiger partial charge in [0.1, 0.15) is 10.4 Å². The van der Waals surface area contributed by atoms with Crippen molar-refractivity contribution in [1.29, 1.82) is 0 Å². The average molecular weight is 315 g/mol. The predicted octanol–water partition coefficient (Wildman–Crippen LogP) is 2.23. The van der Waals surface area contributed by atoms with Gasteiger partial charge in [0.25, 0.3) is 0 Å². The molecule has 0 unspecified atom stereocenters. The second-order valence-electron chi connectivity index (χ2n) is 4.37. The highest BCUT2D eigenvalue weighted by molar-refractivity contribution is 9.10. The highest BCUT2D eigenvalue weighted by atomic mass is 79.9. The lowest BCUT2D eigenvalue weighted by molar-refractivity contribution is 0.185. The van der Waals surface area contributed by atoms with Crippen LogP contribution in [-0.2, 0) is 0 Å². The van der Waals surface area contributed by atoms with E-state index in [2.05, 4.69) is 36.5 Å². The van der Waals surface area contributed by atoms with Gasteiger partial charge in [0.05, 0.1) is 12.4 Å². The van der Waals surface area contributed by atoms with Gasteiger partial charge in [0, 0.05) is 12.1 Å². The van der Waals surface area contributed by atoms with Crippen LogP contribution in [0.5, 0.6) is 0 Å². The van der Waals surface area contributed by atoms with Crippen molar-refractivity contribution >= 4 is 27.8 Å². The molecular weight excluding hydrogens is 300 g/mol. The molecule has 0 saturated heterocycles. The summed E-state index contributed by atoms with van der Waals surface area (Å²) in [6, 6.07) is 0.420. The van der Waals surface area contributed by atoms with Crippen molar-refractivity contribution in [2.24, 2.45) is 0 Å². The van der Waals surface area contributed by atoms with E-state index in [1.54, 1.807) is 12.4 Å². The number of rotatable bonds is 3. The van der Waals surface area contributed by atoms with Crippen LogP contribution in [-0.4, -0.2) is 33.3 Å². The summed E-state index contributed by atoms with van der Waals surface area (Å²) in [5.41, 5.74) is 0. The van der Waals surface area contributed by atoms with E-state index in [0.29, 0.717) is 10.6 Å². The van der Waals surface area contributed by atoms with Crippen molar-refractivity contribution in [3.63, 3.8) is 0 Å². The first kappa shape index (κ1) is 13.1. The summed E-state index contributed by atoms with van der Waals surface area (Å²) in [7, 11) is 0. The molecule has 1 saturated carbocycles. The van der Waals surface area contributed by atoms with Gasteiger partial charge in [-0.1, -0.05) is 0 Å². The molecule has 0 aliphatic heterocycles. The van der Waals surface area contributed by atoms with Crippen molar-refractivity contribution in [1.82, 2.24) is 15.3 Å². The molecule has 0 spiro atoms. The van der Waals surface area contributed by atoms with Crippen LogP contribution in [0.2, 0.25) is 0 Å². The minimum atomic E-state index is -0.940. The van der Waals surface area contributed by atoms with Gasteiger partial charge in [-0.2, -0.15) is 0 Å². The minimum Gasteiger partial charge on any atom is -0.465 e. The highest BCUT2D eigenvalue weighted by Crippen LogP contribution is 2.21. The summed E-state index contributed by atoms with van der Waals surface area (Å²) in [5.74, 6) is 0.757. The fraction of sp³-hybridized carbons (Fsp3) is 0.545. The molecule has 1 fully saturated rings. The molecule has 1 heterocycles. The standard InChI is InChI=1S/C11H15BrN4O2/c12-9-5-14-10(6-13-9)15-7-1-3-8(4-2-7)16-11(17)18/h5-8,16H,1-4H2,(H,14,15)(H,17,18). The molecule has 0 bridgehead atoms. The van der Waals surface area contributed by atoms with E-state index in [9.17, 15) is 4.79 Å². The Bertz CT molecular complexity index is 404. The van der Waals surface area contributed by atoms with Gasteiger partial charge < -0.3 is 15.7 Å². The first-order chi connectivity index (χ1) is 8.63. The van der Waals surface area contributed by atoms with Crippen molar-refractivity contribution in [3.05, 3.63) is 17.0 Å². The van der Waals surface area contributed by atoms with Crippen LogP contribution < -0.4 is 10.6 Å². The third-order valence-corrected chi connectivity index (χ3v) is 3.44. The highest BCUT2D eigenvalue weighted by Gasteiger charge is 2.22. The summed E-state index contributed by atoms with van der Waals surface area (Å²) in [6.07, 6.45) is 5.98. The predicted molar refractivity (Wildman–Crippen MR) is 70.6 cm³/mol. The monoisotopic (exact) mass is 314 g/mol. The van der Waals surface area contributed by atoms with Crippen LogP contribution in [0.1, 0.15) is 25.7 Å². The largest absolute Gasteiger partial charge is 0.465 e. The van der Waals surface area contributed by atoms with Gasteiger partial charge in [0.2, 0.25) is 0 Å². The maximum atomic E-state index is 10.5. The minimum absolute atomic E-state index is 0.0801. The van der Waals surface area contributed by atoms with Gasteiger partial charge in [-0.25, -0.2) is 14.8 Å². The Balaban J connectivity index is 1.79. The van der Waals surface area contributed by atoms with E-state index in [1.165, 1.54) is 0 Å². The summed E-state index contributed by atoms with van der Waals surface area (Å²) < 4.78 is 0.711. The molecule has 1 amide bonds. The number of amides is 1. The summed E-state index contributed by atoms with van der Waals surface area (Å²) in [6.45, 7) is 0. The fourth-order valence-corrected chi connectivity index (χ4v) is 2.36. The van der Waals surface area contributed by atoms with Crippen molar-refractivity contribution < 1.29 is 9.90 Å². The number of aromatic nitrogens is 2. The van der Waals surface area contributed by atoms with Crippen LogP contribution in [0.4, 0.5) is 10.6 Å². The normalized spacial score (nSPS) is 23.4. The summed E-state index contributed by atoms with van der Waals surface area (Å²) in [5, 5.41) is 14.5. The topological polar surface area (TPSA) is 87.1 Å². The Morgan fingerprint density at radius 3 is 2.44 bits per heavy atom. The molecule has 6 nitrogen and oxygen atoms in total. The lowest BCUT2D eigenvalue weighted by Crippen LogP contribution is -2.39. The number of halogens is 1. The van der Waals surface area contributed by atoms with E-state index in [0.717, 1.165) is 31.5 Å². The van der Waals surface area contributed by atoms with Gasteiger partial charge in [-0.3, -0.25) is 0 Å². The lowest BCUT2D eigenvalue weighted by atomic mass is 9.91. The number of nitrogens with zero attached hydrogens (tertiary/aromatic N) is 2. The molecule has 0 aromatic carbocycles. The molecule has 7 heteroatoms. The zero-order valence-electron chi connectivity index (χ0n) is 9.77. The quantitative estimate of drug-likeness (QED) is 0.796. The maximum absolute atomic E-state index is 10.5. The molecule has 0 atom stereocenters. The Morgan fingerprint density at radius 1 is 1.22 bits per heavy atom. The second kappa shape index (κ2) is 5.99.